The standard InChI is InChI=1S/2C28H26F3N7O3/c2*1-16-8-17(4-5-21(16)40-22-11-25-33-15-35-38(25)12-19(22)29)36-27-26-20(32-14-34-27)9-18(39-3)10-23(26)41-24-6-7-37(2)13-28(24,30)31/h2*4-5,8-12,14-15,24H,6-7,13H2,1-3H3,(H,32,34,36). The lowest BCUT2D eigenvalue weighted by Gasteiger charge is -2.36. The molecule has 0 saturated carbocycles. The number of likely N-dealkylation sites (tertiary alicyclic amines) is 2. The minimum atomic E-state index is -3.04. The van der Waals surface area contributed by atoms with Crippen molar-refractivity contribution in [2.75, 3.05) is 65.1 Å². The molecule has 8 heterocycles. The Labute approximate surface area is 463 Å². The van der Waals surface area contributed by atoms with Gasteiger partial charge in [-0.1, -0.05) is 0 Å². The average molecular weight is 1130 g/mol. The van der Waals surface area contributed by atoms with Crippen LogP contribution in [0.3, 0.4) is 0 Å². The number of alkyl halides is 4. The largest absolute Gasteiger partial charge is 0.497 e. The fourth-order valence-electron chi connectivity index (χ4n) is 9.63. The molecular formula is C56H52F6N14O6. The van der Waals surface area contributed by atoms with Crippen molar-refractivity contribution in [3.63, 3.8) is 0 Å². The highest BCUT2D eigenvalue weighted by molar-refractivity contribution is 5.98. The molecule has 4 aromatic carbocycles. The van der Waals surface area contributed by atoms with E-state index in [-0.39, 0.29) is 35.8 Å². The summed E-state index contributed by atoms with van der Waals surface area (Å²) in [5.41, 5.74) is 4.50. The fourth-order valence-corrected chi connectivity index (χ4v) is 9.63. The van der Waals surface area contributed by atoms with Gasteiger partial charge < -0.3 is 48.9 Å². The zero-order valence-corrected chi connectivity index (χ0v) is 44.9. The zero-order valence-electron chi connectivity index (χ0n) is 44.9. The van der Waals surface area contributed by atoms with Crippen LogP contribution in [0.1, 0.15) is 24.0 Å². The van der Waals surface area contributed by atoms with Crippen LogP contribution in [-0.4, -0.2) is 137 Å². The highest BCUT2D eigenvalue weighted by atomic mass is 19.3. The molecule has 0 radical (unpaired) electrons. The van der Waals surface area contributed by atoms with Gasteiger partial charge in [-0.2, -0.15) is 10.2 Å². The summed E-state index contributed by atoms with van der Waals surface area (Å²) in [5, 5.41) is 15.2. The normalized spacial score (nSPS) is 17.1. The predicted octanol–water partition coefficient (Wildman–Crippen LogP) is 10.8. The molecule has 0 aliphatic carbocycles. The molecule has 2 aliphatic rings. The average Bonchev–Trinajstić information content (AvgIpc) is 4.24. The van der Waals surface area contributed by atoms with E-state index >= 15 is 0 Å². The number of fused-ring (bicyclic) bond motifs is 4. The van der Waals surface area contributed by atoms with Gasteiger partial charge in [-0.05, 0) is 75.5 Å². The molecule has 26 heteroatoms. The number of piperidine rings is 2. The number of benzene rings is 4. The number of aromatic nitrogens is 10. The van der Waals surface area contributed by atoms with E-state index in [1.807, 2.05) is 13.8 Å². The Morgan fingerprint density at radius 2 is 0.939 bits per heavy atom. The van der Waals surface area contributed by atoms with Gasteiger partial charge in [0.1, 0.15) is 71.4 Å². The smallest absolute Gasteiger partial charge is 0.296 e. The third kappa shape index (κ3) is 11.5. The maximum absolute atomic E-state index is 14.9. The Morgan fingerprint density at radius 1 is 0.512 bits per heavy atom. The second-order valence-corrected chi connectivity index (χ2v) is 19.8. The van der Waals surface area contributed by atoms with E-state index in [0.717, 1.165) is 0 Å². The van der Waals surface area contributed by atoms with Crippen LogP contribution in [0.5, 0.6) is 46.0 Å². The third-order valence-corrected chi connectivity index (χ3v) is 13.8. The second-order valence-electron chi connectivity index (χ2n) is 19.8. The van der Waals surface area contributed by atoms with Crippen LogP contribution in [0.15, 0.2) is 110 Å². The molecule has 82 heavy (non-hydrogen) atoms. The third-order valence-electron chi connectivity index (χ3n) is 13.8. The first-order valence-electron chi connectivity index (χ1n) is 25.6. The number of nitrogens with zero attached hydrogens (tertiary/aromatic N) is 12. The Kier molecular flexibility index (Phi) is 14.9. The number of hydrogen-bond donors (Lipinski definition) is 2. The molecule has 0 amide bonds. The number of anilines is 4. The summed E-state index contributed by atoms with van der Waals surface area (Å²) in [6.07, 6.45) is 5.44. The van der Waals surface area contributed by atoms with Crippen LogP contribution in [0.25, 0.3) is 33.1 Å². The van der Waals surface area contributed by atoms with E-state index in [4.69, 9.17) is 28.4 Å². The van der Waals surface area contributed by atoms with E-state index in [1.165, 1.54) is 73.1 Å². The Morgan fingerprint density at radius 3 is 1.33 bits per heavy atom. The topological polar surface area (TPSA) is 198 Å². The van der Waals surface area contributed by atoms with Crippen molar-refractivity contribution in [3.05, 3.63) is 133 Å². The van der Waals surface area contributed by atoms with Gasteiger partial charge in [0.25, 0.3) is 11.8 Å². The van der Waals surface area contributed by atoms with Crippen LogP contribution < -0.4 is 39.1 Å². The quantitative estimate of drug-likeness (QED) is 0.0974. The van der Waals surface area contributed by atoms with Crippen molar-refractivity contribution in [2.24, 2.45) is 0 Å². The fraction of sp³-hybridized carbons (Fsp3) is 0.286. The maximum Gasteiger partial charge on any atom is 0.296 e. The molecule has 2 fully saturated rings. The highest BCUT2D eigenvalue weighted by Crippen LogP contribution is 2.42. The van der Waals surface area contributed by atoms with E-state index in [0.29, 0.717) is 103 Å². The Hall–Kier alpha value is -9.30. The summed E-state index contributed by atoms with van der Waals surface area (Å²) in [7, 11) is 6.28. The number of pyridine rings is 2. The lowest BCUT2D eigenvalue weighted by Crippen LogP contribution is -2.52. The van der Waals surface area contributed by atoms with Crippen LogP contribution in [0.2, 0.25) is 0 Å². The number of hydrogen-bond acceptors (Lipinski definition) is 18. The van der Waals surface area contributed by atoms with Gasteiger partial charge in [0.2, 0.25) is 0 Å². The minimum Gasteiger partial charge on any atom is -0.497 e. The summed E-state index contributed by atoms with van der Waals surface area (Å²) in [4.78, 5) is 28.7. The van der Waals surface area contributed by atoms with Gasteiger partial charge in [-0.3, -0.25) is 0 Å². The molecule has 10 aromatic rings. The number of nitrogens with one attached hydrogen (secondary N) is 2. The van der Waals surface area contributed by atoms with Crippen molar-refractivity contribution >= 4 is 56.1 Å². The molecule has 2 unspecified atom stereocenters. The van der Waals surface area contributed by atoms with Crippen LogP contribution in [-0.2, 0) is 0 Å². The second kappa shape index (κ2) is 22.3. The van der Waals surface area contributed by atoms with Crippen LogP contribution >= 0.6 is 0 Å². The first kappa shape index (κ1) is 54.6. The Balaban J connectivity index is 0.000000172. The summed E-state index contributed by atoms with van der Waals surface area (Å²) in [5.74, 6) is -4.44. The summed E-state index contributed by atoms with van der Waals surface area (Å²) in [6.45, 7) is 3.79. The first-order chi connectivity index (χ1) is 39.4. The van der Waals surface area contributed by atoms with Gasteiger partial charge in [0, 0.05) is 73.7 Å². The van der Waals surface area contributed by atoms with Crippen molar-refractivity contribution in [1.82, 2.24) is 58.9 Å². The van der Waals surface area contributed by atoms with E-state index in [2.05, 4.69) is 50.7 Å². The SMILES string of the molecule is COc1cc(OC2CCN(C)CC2(F)F)c2c(Nc3ccc(Oc4cc5ncnn5cc4F)c(C)c3)ncnc2c1.COc1cc(OC2CCN(C)CC2(F)F)c2c(Nc3ccc(Oc4cc5ncnn5cc4F)c(C)c3)ncnc2c1. The monoisotopic (exact) mass is 1130 g/mol. The molecule has 2 atom stereocenters. The molecule has 2 saturated heterocycles. The van der Waals surface area contributed by atoms with Crippen molar-refractivity contribution in [3.8, 4) is 46.0 Å². The van der Waals surface area contributed by atoms with E-state index in [1.54, 1.807) is 84.6 Å². The highest BCUT2D eigenvalue weighted by Gasteiger charge is 2.47. The summed E-state index contributed by atoms with van der Waals surface area (Å²) in [6, 6.07) is 19.9. The molecule has 0 spiro atoms. The lowest BCUT2D eigenvalue weighted by atomic mass is 10.0. The van der Waals surface area contributed by atoms with Crippen LogP contribution in [0, 0.1) is 25.5 Å². The molecule has 20 nitrogen and oxygen atoms in total. The molecule has 12 rings (SSSR count). The van der Waals surface area contributed by atoms with E-state index < -0.39 is 48.8 Å². The molecule has 0 bridgehead atoms. The van der Waals surface area contributed by atoms with Gasteiger partial charge >= 0.3 is 0 Å². The van der Waals surface area contributed by atoms with Crippen molar-refractivity contribution in [1.29, 1.82) is 0 Å². The number of methoxy groups -OCH3 is 2. The van der Waals surface area contributed by atoms with Gasteiger partial charge in [-0.25, -0.2) is 65.3 Å². The Bertz CT molecular complexity index is 3750. The molecule has 424 valence electrons. The molecule has 2 aliphatic heterocycles. The van der Waals surface area contributed by atoms with Crippen molar-refractivity contribution < 1.29 is 54.8 Å². The number of aryl methyl sites for hydroxylation is 2. The number of halogens is 6. The van der Waals surface area contributed by atoms with E-state index in [9.17, 15) is 26.3 Å². The molecule has 6 aromatic heterocycles. The lowest BCUT2D eigenvalue weighted by molar-refractivity contribution is -0.135. The number of rotatable bonds is 14. The minimum absolute atomic E-state index is 0.0116. The zero-order chi connectivity index (χ0) is 57.5. The summed E-state index contributed by atoms with van der Waals surface area (Å²) < 4.78 is 126. The van der Waals surface area contributed by atoms with Gasteiger partial charge in [0.05, 0.1) is 61.5 Å². The van der Waals surface area contributed by atoms with Crippen molar-refractivity contribution in [2.45, 2.75) is 50.7 Å². The summed E-state index contributed by atoms with van der Waals surface area (Å²) >= 11 is 0. The number of ether oxygens (including phenoxy) is 6. The molecule has 2 N–H and O–H groups in total. The van der Waals surface area contributed by atoms with Crippen LogP contribution in [0.4, 0.5) is 49.4 Å². The maximum atomic E-state index is 14.9. The molecular weight excluding hydrogens is 1080 g/mol. The van der Waals surface area contributed by atoms with Gasteiger partial charge in [-0.15, -0.1) is 0 Å². The predicted molar refractivity (Wildman–Crippen MR) is 290 cm³/mol. The van der Waals surface area contributed by atoms with Gasteiger partial charge in [0.15, 0.2) is 46.6 Å². The first-order valence-corrected chi connectivity index (χ1v) is 25.6.